The highest BCUT2D eigenvalue weighted by Crippen LogP contribution is 2.24. The molecule has 1 aromatic carbocycles. The molecule has 1 aliphatic rings. The average molecular weight is 290 g/mol. The van der Waals surface area contributed by atoms with Gasteiger partial charge in [-0.2, -0.15) is 0 Å². The number of para-hydroxylation sites is 1. The molecule has 1 fully saturated rings. The van der Waals surface area contributed by atoms with Crippen LogP contribution in [-0.2, 0) is 4.79 Å². The topological polar surface area (TPSA) is 50.4 Å². The summed E-state index contributed by atoms with van der Waals surface area (Å²) in [5.41, 5.74) is 1.07. The highest BCUT2D eigenvalue weighted by molar-refractivity contribution is 5.77. The van der Waals surface area contributed by atoms with Crippen molar-refractivity contribution in [2.75, 3.05) is 13.7 Å². The molecule has 116 valence electrons. The molecule has 0 aliphatic heterocycles. The molecule has 0 radical (unpaired) electrons. The van der Waals surface area contributed by atoms with Crippen LogP contribution in [0.4, 0.5) is 0 Å². The van der Waals surface area contributed by atoms with Crippen LogP contribution in [0.3, 0.4) is 0 Å². The highest BCUT2D eigenvalue weighted by Gasteiger charge is 2.16. The molecule has 21 heavy (non-hydrogen) atoms. The van der Waals surface area contributed by atoms with Crippen molar-refractivity contribution in [1.29, 1.82) is 0 Å². The molecule has 4 nitrogen and oxygen atoms in total. The summed E-state index contributed by atoms with van der Waals surface area (Å²) in [6.07, 6.45) is 5.92. The minimum atomic E-state index is -0.0196. The van der Waals surface area contributed by atoms with E-state index in [0.29, 0.717) is 6.04 Å². The minimum Gasteiger partial charge on any atom is -0.483 e. The van der Waals surface area contributed by atoms with Gasteiger partial charge in [-0.05, 0) is 32.9 Å². The number of rotatable bonds is 6. The van der Waals surface area contributed by atoms with E-state index in [-0.39, 0.29) is 18.6 Å². The van der Waals surface area contributed by atoms with Crippen molar-refractivity contribution in [1.82, 2.24) is 10.6 Å². The first-order chi connectivity index (χ1) is 10.2. The molecule has 0 spiro atoms. The van der Waals surface area contributed by atoms with E-state index in [1.54, 1.807) is 0 Å². The molecule has 2 N–H and O–H groups in total. The van der Waals surface area contributed by atoms with Crippen molar-refractivity contribution in [2.45, 2.75) is 51.1 Å². The van der Waals surface area contributed by atoms with Crippen LogP contribution in [0.15, 0.2) is 24.3 Å². The van der Waals surface area contributed by atoms with E-state index in [1.165, 1.54) is 19.3 Å². The summed E-state index contributed by atoms with van der Waals surface area (Å²) < 4.78 is 5.71. The van der Waals surface area contributed by atoms with Gasteiger partial charge in [-0.25, -0.2) is 0 Å². The second kappa shape index (κ2) is 8.03. The summed E-state index contributed by atoms with van der Waals surface area (Å²) in [5.74, 6) is 0.756. The van der Waals surface area contributed by atoms with E-state index >= 15 is 0 Å². The third-order valence-electron chi connectivity index (χ3n) is 4.15. The Kier molecular flexibility index (Phi) is 6.05. The molecule has 1 amide bonds. The SMILES string of the molecule is CNC(C)c1ccccc1OCC(=O)NC1CCCCC1. The fourth-order valence-electron chi connectivity index (χ4n) is 2.78. The predicted molar refractivity (Wildman–Crippen MR) is 84.4 cm³/mol. The summed E-state index contributed by atoms with van der Waals surface area (Å²) in [5, 5.41) is 6.27. The van der Waals surface area contributed by atoms with Crippen molar-refractivity contribution in [3.05, 3.63) is 29.8 Å². The van der Waals surface area contributed by atoms with Crippen LogP contribution in [0.1, 0.15) is 50.6 Å². The van der Waals surface area contributed by atoms with Gasteiger partial charge < -0.3 is 15.4 Å². The first-order valence-electron chi connectivity index (χ1n) is 7.89. The van der Waals surface area contributed by atoms with Gasteiger partial charge in [-0.1, -0.05) is 37.5 Å². The average Bonchev–Trinajstić information content (AvgIpc) is 2.53. The Bertz CT molecular complexity index is 456. The van der Waals surface area contributed by atoms with Crippen LogP contribution >= 0.6 is 0 Å². The van der Waals surface area contributed by atoms with E-state index in [0.717, 1.165) is 24.2 Å². The van der Waals surface area contributed by atoms with Crippen molar-refractivity contribution in [2.24, 2.45) is 0 Å². The smallest absolute Gasteiger partial charge is 0.258 e. The number of hydrogen-bond donors (Lipinski definition) is 2. The van der Waals surface area contributed by atoms with Crippen molar-refractivity contribution >= 4 is 5.91 Å². The Morgan fingerprint density at radius 3 is 2.71 bits per heavy atom. The third kappa shape index (κ3) is 4.74. The number of carbonyl (C=O) groups excluding carboxylic acids is 1. The fraction of sp³-hybridized carbons (Fsp3) is 0.588. The van der Waals surface area contributed by atoms with Gasteiger partial charge in [-0.3, -0.25) is 4.79 Å². The van der Waals surface area contributed by atoms with Crippen molar-refractivity contribution < 1.29 is 9.53 Å². The zero-order valence-corrected chi connectivity index (χ0v) is 13.0. The Labute approximate surface area is 127 Å². The van der Waals surface area contributed by atoms with E-state index in [2.05, 4.69) is 17.6 Å². The Balaban J connectivity index is 1.86. The van der Waals surface area contributed by atoms with Gasteiger partial charge in [0.2, 0.25) is 0 Å². The van der Waals surface area contributed by atoms with Gasteiger partial charge in [0.05, 0.1) is 0 Å². The van der Waals surface area contributed by atoms with E-state index < -0.39 is 0 Å². The lowest BCUT2D eigenvalue weighted by atomic mass is 9.95. The number of benzene rings is 1. The molecule has 1 unspecified atom stereocenters. The van der Waals surface area contributed by atoms with Gasteiger partial charge >= 0.3 is 0 Å². The summed E-state index contributed by atoms with van der Waals surface area (Å²) >= 11 is 0. The number of nitrogens with one attached hydrogen (secondary N) is 2. The van der Waals surface area contributed by atoms with E-state index in [9.17, 15) is 4.79 Å². The lowest BCUT2D eigenvalue weighted by Crippen LogP contribution is -2.39. The molecule has 0 heterocycles. The largest absolute Gasteiger partial charge is 0.483 e. The summed E-state index contributed by atoms with van der Waals surface area (Å²) in [4.78, 5) is 12.0. The Hall–Kier alpha value is -1.55. The van der Waals surface area contributed by atoms with Gasteiger partial charge in [-0.15, -0.1) is 0 Å². The van der Waals surface area contributed by atoms with Crippen LogP contribution < -0.4 is 15.4 Å². The summed E-state index contributed by atoms with van der Waals surface area (Å²) in [7, 11) is 1.91. The zero-order valence-electron chi connectivity index (χ0n) is 13.0. The van der Waals surface area contributed by atoms with Crippen LogP contribution in [0.5, 0.6) is 5.75 Å². The third-order valence-corrected chi connectivity index (χ3v) is 4.15. The standard InChI is InChI=1S/C17H26N2O2/c1-13(18-2)15-10-6-7-11-16(15)21-12-17(20)19-14-8-4-3-5-9-14/h6-7,10-11,13-14,18H,3-5,8-9,12H2,1-2H3,(H,19,20). The maximum absolute atomic E-state index is 12.0. The van der Waals surface area contributed by atoms with Gasteiger partial charge in [0, 0.05) is 17.6 Å². The van der Waals surface area contributed by atoms with Crippen LogP contribution in [-0.4, -0.2) is 25.6 Å². The van der Waals surface area contributed by atoms with E-state index in [1.807, 2.05) is 31.3 Å². The minimum absolute atomic E-state index is 0.0196. The van der Waals surface area contributed by atoms with Crippen molar-refractivity contribution in [3.8, 4) is 5.75 Å². The molecule has 0 saturated heterocycles. The lowest BCUT2D eigenvalue weighted by Gasteiger charge is -2.23. The molecule has 1 atom stereocenters. The molecule has 0 aromatic heterocycles. The van der Waals surface area contributed by atoms with E-state index in [4.69, 9.17) is 4.74 Å². The monoisotopic (exact) mass is 290 g/mol. The van der Waals surface area contributed by atoms with Gasteiger partial charge in [0.15, 0.2) is 6.61 Å². The lowest BCUT2D eigenvalue weighted by molar-refractivity contribution is -0.124. The second-order valence-corrected chi connectivity index (χ2v) is 5.74. The molecule has 4 heteroatoms. The molecular weight excluding hydrogens is 264 g/mol. The quantitative estimate of drug-likeness (QED) is 0.847. The zero-order chi connectivity index (χ0) is 15.1. The van der Waals surface area contributed by atoms with Crippen LogP contribution in [0, 0.1) is 0 Å². The van der Waals surface area contributed by atoms with Crippen LogP contribution in [0.25, 0.3) is 0 Å². The molecular formula is C17H26N2O2. The van der Waals surface area contributed by atoms with Crippen molar-refractivity contribution in [3.63, 3.8) is 0 Å². The molecule has 1 aromatic rings. The Morgan fingerprint density at radius 1 is 1.29 bits per heavy atom. The molecule has 0 bridgehead atoms. The molecule has 1 saturated carbocycles. The maximum atomic E-state index is 12.0. The number of carbonyl (C=O) groups is 1. The molecule has 1 aliphatic carbocycles. The fourth-order valence-corrected chi connectivity index (χ4v) is 2.78. The first kappa shape index (κ1) is 15.8. The first-order valence-corrected chi connectivity index (χ1v) is 7.89. The number of hydrogen-bond acceptors (Lipinski definition) is 3. The number of ether oxygens (including phenoxy) is 1. The second-order valence-electron chi connectivity index (χ2n) is 5.74. The Morgan fingerprint density at radius 2 is 2.00 bits per heavy atom. The van der Waals surface area contributed by atoms with Gasteiger partial charge in [0.25, 0.3) is 5.91 Å². The normalized spacial score (nSPS) is 17.2. The van der Waals surface area contributed by atoms with Gasteiger partial charge in [0.1, 0.15) is 5.75 Å². The van der Waals surface area contributed by atoms with Crippen LogP contribution in [0.2, 0.25) is 0 Å². The predicted octanol–water partition coefficient (Wildman–Crippen LogP) is 2.79. The summed E-state index contributed by atoms with van der Waals surface area (Å²) in [6, 6.07) is 8.38. The maximum Gasteiger partial charge on any atom is 0.258 e. The highest BCUT2D eigenvalue weighted by atomic mass is 16.5. The number of amides is 1. The molecule has 2 rings (SSSR count). The summed E-state index contributed by atoms with van der Waals surface area (Å²) in [6.45, 7) is 2.16.